The fraction of sp³-hybridized carbons (Fsp3) is 0.500. The van der Waals surface area contributed by atoms with E-state index in [4.69, 9.17) is 14.2 Å². The van der Waals surface area contributed by atoms with Crippen molar-refractivity contribution in [3.63, 3.8) is 0 Å². The van der Waals surface area contributed by atoms with Crippen LogP contribution in [-0.2, 0) is 14.2 Å². The molecule has 146 valence electrons. The Morgan fingerprint density at radius 2 is 0.963 bits per heavy atom. The average molecular weight is 372 g/mol. The summed E-state index contributed by atoms with van der Waals surface area (Å²) < 4.78 is 17.3. The minimum Gasteiger partial charge on any atom is -0.378 e. The summed E-state index contributed by atoms with van der Waals surface area (Å²) in [5.74, 6) is 1.89. The van der Waals surface area contributed by atoms with Gasteiger partial charge in [-0.15, -0.1) is 0 Å². The van der Waals surface area contributed by atoms with E-state index in [2.05, 4.69) is 19.8 Å². The van der Waals surface area contributed by atoms with Crippen LogP contribution in [0.15, 0.2) is 48.8 Å². The molecule has 0 amide bonds. The first-order valence-electron chi connectivity index (χ1n) is 9.49. The van der Waals surface area contributed by atoms with Crippen LogP contribution in [0.25, 0.3) is 0 Å². The summed E-state index contributed by atoms with van der Waals surface area (Å²) in [6.45, 7) is 6.86. The molecule has 0 bridgehead atoms. The molecular formula is C20H28N4O3. The summed E-state index contributed by atoms with van der Waals surface area (Å²) in [7, 11) is 0. The van der Waals surface area contributed by atoms with Crippen LogP contribution in [0, 0.1) is 0 Å². The van der Waals surface area contributed by atoms with E-state index in [0.29, 0.717) is 39.6 Å². The number of ether oxygens (including phenoxy) is 3. The molecule has 0 spiro atoms. The lowest BCUT2D eigenvalue weighted by Gasteiger charge is -2.25. The van der Waals surface area contributed by atoms with Gasteiger partial charge in [-0.2, -0.15) is 0 Å². The highest BCUT2D eigenvalue weighted by atomic mass is 16.5. The molecule has 0 saturated carbocycles. The first-order chi connectivity index (χ1) is 13.4. The normalized spacial score (nSPS) is 18.5. The third-order valence-electron chi connectivity index (χ3n) is 4.34. The Morgan fingerprint density at radius 3 is 1.33 bits per heavy atom. The van der Waals surface area contributed by atoms with E-state index in [-0.39, 0.29) is 0 Å². The Kier molecular flexibility index (Phi) is 8.31. The van der Waals surface area contributed by atoms with E-state index in [0.717, 1.165) is 37.8 Å². The summed E-state index contributed by atoms with van der Waals surface area (Å²) in [6.07, 6.45) is 3.62. The SMILES string of the molecule is c1ccc(N2CCOCCOCCN(c3ccccn3)CCOCC2)nc1. The van der Waals surface area contributed by atoms with Gasteiger partial charge in [0, 0.05) is 38.6 Å². The van der Waals surface area contributed by atoms with Crippen molar-refractivity contribution in [3.8, 4) is 0 Å². The molecule has 1 saturated heterocycles. The van der Waals surface area contributed by atoms with Crippen molar-refractivity contribution in [1.29, 1.82) is 0 Å². The summed E-state index contributed by atoms with van der Waals surface area (Å²) in [4.78, 5) is 13.3. The molecule has 2 aromatic heterocycles. The summed E-state index contributed by atoms with van der Waals surface area (Å²) in [6, 6.07) is 11.9. The summed E-state index contributed by atoms with van der Waals surface area (Å²) in [5, 5.41) is 0. The summed E-state index contributed by atoms with van der Waals surface area (Å²) in [5.41, 5.74) is 0. The Balaban J connectivity index is 1.57. The van der Waals surface area contributed by atoms with Gasteiger partial charge in [0.1, 0.15) is 11.6 Å². The summed E-state index contributed by atoms with van der Waals surface area (Å²) >= 11 is 0. The fourth-order valence-corrected chi connectivity index (χ4v) is 2.89. The van der Waals surface area contributed by atoms with Gasteiger partial charge in [0.05, 0.1) is 39.6 Å². The van der Waals surface area contributed by atoms with Crippen LogP contribution < -0.4 is 9.80 Å². The maximum atomic E-state index is 5.89. The monoisotopic (exact) mass is 372 g/mol. The first-order valence-corrected chi connectivity index (χ1v) is 9.49. The lowest BCUT2D eigenvalue weighted by molar-refractivity contribution is 0.0530. The van der Waals surface area contributed by atoms with E-state index < -0.39 is 0 Å². The third kappa shape index (κ3) is 6.78. The Labute approximate surface area is 160 Å². The Morgan fingerprint density at radius 1 is 0.556 bits per heavy atom. The minimum absolute atomic E-state index is 0.593. The highest BCUT2D eigenvalue weighted by Gasteiger charge is 2.10. The van der Waals surface area contributed by atoms with Gasteiger partial charge in [-0.05, 0) is 24.3 Å². The van der Waals surface area contributed by atoms with Crippen LogP contribution in [0.5, 0.6) is 0 Å². The molecule has 0 N–H and O–H groups in total. The number of hydrogen-bond acceptors (Lipinski definition) is 7. The highest BCUT2D eigenvalue weighted by molar-refractivity contribution is 5.38. The van der Waals surface area contributed by atoms with Crippen molar-refractivity contribution in [2.75, 3.05) is 75.6 Å². The lowest BCUT2D eigenvalue weighted by Crippen LogP contribution is -2.33. The fourth-order valence-electron chi connectivity index (χ4n) is 2.89. The molecule has 7 nitrogen and oxygen atoms in total. The Hall–Kier alpha value is -2.22. The highest BCUT2D eigenvalue weighted by Crippen LogP contribution is 2.10. The van der Waals surface area contributed by atoms with Crippen LogP contribution in [0.1, 0.15) is 0 Å². The second-order valence-electron chi connectivity index (χ2n) is 6.19. The van der Waals surface area contributed by atoms with Gasteiger partial charge in [0.25, 0.3) is 0 Å². The third-order valence-corrected chi connectivity index (χ3v) is 4.34. The van der Waals surface area contributed by atoms with Crippen molar-refractivity contribution in [2.45, 2.75) is 0 Å². The van der Waals surface area contributed by atoms with Gasteiger partial charge in [-0.1, -0.05) is 12.1 Å². The molecule has 0 aromatic carbocycles. The van der Waals surface area contributed by atoms with Crippen molar-refractivity contribution in [3.05, 3.63) is 48.8 Å². The molecule has 1 aliphatic heterocycles. The zero-order valence-corrected chi connectivity index (χ0v) is 15.7. The smallest absolute Gasteiger partial charge is 0.128 e. The van der Waals surface area contributed by atoms with Crippen molar-refractivity contribution in [2.24, 2.45) is 0 Å². The minimum atomic E-state index is 0.593. The number of pyridine rings is 2. The molecule has 1 fully saturated rings. The zero-order chi connectivity index (χ0) is 18.6. The van der Waals surface area contributed by atoms with Crippen molar-refractivity contribution < 1.29 is 14.2 Å². The average Bonchev–Trinajstić information content (AvgIpc) is 2.74. The van der Waals surface area contributed by atoms with Crippen LogP contribution in [0.4, 0.5) is 11.6 Å². The number of rotatable bonds is 2. The zero-order valence-electron chi connectivity index (χ0n) is 15.7. The molecule has 3 rings (SSSR count). The van der Waals surface area contributed by atoms with Gasteiger partial charge < -0.3 is 24.0 Å². The second-order valence-corrected chi connectivity index (χ2v) is 6.19. The van der Waals surface area contributed by atoms with Gasteiger partial charge in [-0.3, -0.25) is 0 Å². The molecule has 1 aliphatic rings. The molecular weight excluding hydrogens is 344 g/mol. The van der Waals surface area contributed by atoms with E-state index in [1.54, 1.807) is 0 Å². The number of nitrogens with zero attached hydrogens (tertiary/aromatic N) is 4. The van der Waals surface area contributed by atoms with Gasteiger partial charge in [0.15, 0.2) is 0 Å². The number of anilines is 2. The molecule has 0 radical (unpaired) electrons. The predicted molar refractivity (Wildman–Crippen MR) is 105 cm³/mol. The number of aromatic nitrogens is 2. The largest absolute Gasteiger partial charge is 0.378 e. The quantitative estimate of drug-likeness (QED) is 0.797. The van der Waals surface area contributed by atoms with Gasteiger partial charge >= 0.3 is 0 Å². The maximum absolute atomic E-state index is 5.89. The molecule has 3 heterocycles. The molecule has 27 heavy (non-hydrogen) atoms. The van der Waals surface area contributed by atoms with Crippen LogP contribution in [-0.4, -0.2) is 75.8 Å². The lowest BCUT2D eigenvalue weighted by atomic mass is 10.4. The van der Waals surface area contributed by atoms with Crippen LogP contribution in [0.2, 0.25) is 0 Å². The van der Waals surface area contributed by atoms with Crippen LogP contribution >= 0.6 is 0 Å². The molecule has 0 aliphatic carbocycles. The van der Waals surface area contributed by atoms with Gasteiger partial charge in [0.2, 0.25) is 0 Å². The van der Waals surface area contributed by atoms with E-state index in [9.17, 15) is 0 Å². The number of hydrogen-bond donors (Lipinski definition) is 0. The van der Waals surface area contributed by atoms with Crippen molar-refractivity contribution >= 4 is 11.6 Å². The van der Waals surface area contributed by atoms with E-state index in [1.165, 1.54) is 0 Å². The maximum Gasteiger partial charge on any atom is 0.128 e. The molecule has 0 atom stereocenters. The standard InChI is InChI=1S/C20H28N4O3/c1-3-7-21-19(5-1)23-9-13-25-14-10-24(20-6-2-4-8-22-20)12-16-27-18-17-26-15-11-23/h1-8H,9-18H2. The molecule has 0 unspecified atom stereocenters. The first kappa shape index (κ1) is 19.5. The van der Waals surface area contributed by atoms with Gasteiger partial charge in [-0.25, -0.2) is 9.97 Å². The molecule has 2 aromatic rings. The van der Waals surface area contributed by atoms with Crippen LogP contribution in [0.3, 0.4) is 0 Å². The predicted octanol–water partition coefficient (Wildman–Crippen LogP) is 1.85. The second kappa shape index (κ2) is 11.5. The van der Waals surface area contributed by atoms with E-state index in [1.807, 2.05) is 48.8 Å². The topological polar surface area (TPSA) is 60.0 Å². The van der Waals surface area contributed by atoms with E-state index >= 15 is 0 Å². The van der Waals surface area contributed by atoms with Crippen molar-refractivity contribution in [1.82, 2.24) is 9.97 Å². The Bertz CT molecular complexity index is 574. The molecule has 7 heteroatoms.